The number of rotatable bonds is 4. The summed E-state index contributed by atoms with van der Waals surface area (Å²) in [7, 11) is 2.23. The third kappa shape index (κ3) is 3.29. The van der Waals surface area contributed by atoms with Gasteiger partial charge in [-0.05, 0) is 38.6 Å². The molecule has 2 heterocycles. The molecule has 1 aromatic heterocycles. The van der Waals surface area contributed by atoms with E-state index in [0.717, 1.165) is 18.8 Å². The Kier molecular flexibility index (Phi) is 4.31. The van der Waals surface area contributed by atoms with E-state index >= 15 is 0 Å². The first-order valence-electron chi connectivity index (χ1n) is 6.17. The second-order valence-electron chi connectivity index (χ2n) is 4.58. The van der Waals surface area contributed by atoms with Crippen molar-refractivity contribution >= 4 is 0 Å². The summed E-state index contributed by atoms with van der Waals surface area (Å²) in [6.45, 7) is 3.20. The van der Waals surface area contributed by atoms with E-state index in [-0.39, 0.29) is 0 Å². The molecule has 1 N–H and O–H groups in total. The molecule has 0 spiro atoms. The van der Waals surface area contributed by atoms with Gasteiger partial charge >= 0.3 is 0 Å². The van der Waals surface area contributed by atoms with Gasteiger partial charge in [0.15, 0.2) is 0 Å². The number of hydrogen-bond donors (Lipinski definition) is 1. The number of likely N-dealkylation sites (tertiary alicyclic amines) is 1. The highest BCUT2D eigenvalue weighted by molar-refractivity contribution is 5.02. The first-order valence-corrected chi connectivity index (χ1v) is 6.17. The smallest absolute Gasteiger partial charge is 0.0541 e. The maximum absolute atomic E-state index is 4.30. The number of pyridine rings is 1. The van der Waals surface area contributed by atoms with Gasteiger partial charge in [0.1, 0.15) is 0 Å². The fraction of sp³-hybridized carbons (Fsp3) is 0.615. The zero-order valence-corrected chi connectivity index (χ0v) is 10.0. The first-order chi connectivity index (χ1) is 7.86. The Bertz CT molecular complexity index is 299. The molecule has 2 rings (SSSR count). The van der Waals surface area contributed by atoms with Crippen LogP contribution in [0.2, 0.25) is 0 Å². The lowest BCUT2D eigenvalue weighted by Gasteiger charge is -2.32. The minimum Gasteiger partial charge on any atom is -0.310 e. The minimum atomic E-state index is 0.706. The van der Waals surface area contributed by atoms with E-state index in [1.165, 1.54) is 25.8 Å². The van der Waals surface area contributed by atoms with Crippen molar-refractivity contribution in [2.24, 2.45) is 0 Å². The lowest BCUT2D eigenvalue weighted by molar-refractivity contribution is 0.181. The molecule has 1 atom stereocenters. The molecule has 0 aromatic carbocycles. The largest absolute Gasteiger partial charge is 0.310 e. The van der Waals surface area contributed by atoms with Crippen LogP contribution in [0.1, 0.15) is 25.0 Å². The predicted molar refractivity (Wildman–Crippen MR) is 66.2 cm³/mol. The molecule has 1 unspecified atom stereocenters. The lowest BCUT2D eigenvalue weighted by atomic mass is 10.0. The fourth-order valence-electron chi connectivity index (χ4n) is 2.27. The van der Waals surface area contributed by atoms with Crippen LogP contribution in [0.4, 0.5) is 0 Å². The Morgan fingerprint density at radius 2 is 2.38 bits per heavy atom. The summed E-state index contributed by atoms with van der Waals surface area (Å²) in [5, 5.41) is 3.50. The highest BCUT2D eigenvalue weighted by atomic mass is 15.2. The Labute approximate surface area is 97.9 Å². The molecular formula is C13H21N3. The third-order valence-corrected chi connectivity index (χ3v) is 3.33. The molecule has 88 valence electrons. The highest BCUT2D eigenvalue weighted by Crippen LogP contribution is 2.13. The molecule has 0 bridgehead atoms. The van der Waals surface area contributed by atoms with Crippen molar-refractivity contribution in [3.63, 3.8) is 0 Å². The molecule has 1 fully saturated rings. The number of hydrogen-bond acceptors (Lipinski definition) is 3. The zero-order chi connectivity index (χ0) is 11.2. The van der Waals surface area contributed by atoms with Gasteiger partial charge in [0.25, 0.3) is 0 Å². The summed E-state index contributed by atoms with van der Waals surface area (Å²) in [5.74, 6) is 0. The molecule has 16 heavy (non-hydrogen) atoms. The van der Waals surface area contributed by atoms with Crippen LogP contribution in [0.3, 0.4) is 0 Å². The molecule has 1 saturated heterocycles. The SMILES string of the molecule is CN1CCCCC1CNCc1ccccn1. The monoisotopic (exact) mass is 219 g/mol. The molecule has 3 nitrogen and oxygen atoms in total. The number of piperidine rings is 1. The predicted octanol–water partition coefficient (Wildman–Crippen LogP) is 1.66. The van der Waals surface area contributed by atoms with Crippen LogP contribution in [0.25, 0.3) is 0 Å². The average Bonchev–Trinajstić information content (AvgIpc) is 2.33. The van der Waals surface area contributed by atoms with Gasteiger partial charge in [-0.25, -0.2) is 0 Å². The van der Waals surface area contributed by atoms with Crippen molar-refractivity contribution in [2.75, 3.05) is 20.1 Å². The molecule has 1 aliphatic rings. The van der Waals surface area contributed by atoms with Gasteiger partial charge < -0.3 is 10.2 Å². The second kappa shape index (κ2) is 5.97. The topological polar surface area (TPSA) is 28.2 Å². The third-order valence-electron chi connectivity index (χ3n) is 3.33. The van der Waals surface area contributed by atoms with E-state index in [1.54, 1.807) is 0 Å². The van der Waals surface area contributed by atoms with Crippen molar-refractivity contribution < 1.29 is 0 Å². The molecule has 0 aliphatic carbocycles. The summed E-state index contributed by atoms with van der Waals surface area (Å²) < 4.78 is 0. The van der Waals surface area contributed by atoms with Gasteiger partial charge in [-0.1, -0.05) is 12.5 Å². The molecule has 1 aromatic rings. The van der Waals surface area contributed by atoms with Crippen molar-refractivity contribution in [1.29, 1.82) is 0 Å². The molecule has 0 saturated carbocycles. The number of aromatic nitrogens is 1. The van der Waals surface area contributed by atoms with Gasteiger partial charge in [0.05, 0.1) is 5.69 Å². The molecule has 3 heteroatoms. The second-order valence-corrected chi connectivity index (χ2v) is 4.58. The van der Waals surface area contributed by atoms with E-state index in [4.69, 9.17) is 0 Å². The van der Waals surface area contributed by atoms with Crippen LogP contribution in [0, 0.1) is 0 Å². The Morgan fingerprint density at radius 1 is 1.44 bits per heavy atom. The minimum absolute atomic E-state index is 0.706. The highest BCUT2D eigenvalue weighted by Gasteiger charge is 2.17. The van der Waals surface area contributed by atoms with E-state index in [0.29, 0.717) is 6.04 Å². The van der Waals surface area contributed by atoms with Crippen molar-refractivity contribution in [1.82, 2.24) is 15.2 Å². The summed E-state index contributed by atoms with van der Waals surface area (Å²) in [6.07, 6.45) is 5.91. The lowest BCUT2D eigenvalue weighted by Crippen LogP contribution is -2.42. The number of nitrogens with zero attached hydrogens (tertiary/aromatic N) is 2. The molecule has 0 amide bonds. The quantitative estimate of drug-likeness (QED) is 0.834. The van der Waals surface area contributed by atoms with Crippen molar-refractivity contribution in [3.8, 4) is 0 Å². The van der Waals surface area contributed by atoms with Crippen LogP contribution in [0.5, 0.6) is 0 Å². The van der Waals surface area contributed by atoms with Crippen LogP contribution >= 0.6 is 0 Å². The van der Waals surface area contributed by atoms with Crippen LogP contribution < -0.4 is 5.32 Å². The Morgan fingerprint density at radius 3 is 3.12 bits per heavy atom. The van der Waals surface area contributed by atoms with Gasteiger partial charge in [0.2, 0.25) is 0 Å². The van der Waals surface area contributed by atoms with Crippen LogP contribution in [-0.4, -0.2) is 36.1 Å². The van der Waals surface area contributed by atoms with E-state index < -0.39 is 0 Å². The standard InChI is InChI=1S/C13H21N3/c1-16-9-5-3-7-13(16)11-14-10-12-6-2-4-8-15-12/h2,4,6,8,13-14H,3,5,7,9-11H2,1H3. The maximum Gasteiger partial charge on any atom is 0.0541 e. The van der Waals surface area contributed by atoms with Gasteiger partial charge in [-0.2, -0.15) is 0 Å². The van der Waals surface area contributed by atoms with Gasteiger partial charge in [0, 0.05) is 25.3 Å². The Balaban J connectivity index is 1.71. The number of likely N-dealkylation sites (N-methyl/N-ethyl adjacent to an activating group) is 1. The van der Waals surface area contributed by atoms with E-state index in [9.17, 15) is 0 Å². The Hall–Kier alpha value is -0.930. The first kappa shape index (κ1) is 11.6. The van der Waals surface area contributed by atoms with Crippen molar-refractivity contribution in [3.05, 3.63) is 30.1 Å². The normalized spacial score (nSPS) is 22.2. The van der Waals surface area contributed by atoms with E-state index in [2.05, 4.69) is 28.3 Å². The fourth-order valence-corrected chi connectivity index (χ4v) is 2.27. The zero-order valence-electron chi connectivity index (χ0n) is 10.0. The molecule has 0 radical (unpaired) electrons. The number of nitrogens with one attached hydrogen (secondary N) is 1. The summed E-state index contributed by atoms with van der Waals surface area (Å²) in [5.41, 5.74) is 1.13. The molecule has 1 aliphatic heterocycles. The summed E-state index contributed by atoms with van der Waals surface area (Å²) >= 11 is 0. The summed E-state index contributed by atoms with van der Waals surface area (Å²) in [6, 6.07) is 6.77. The van der Waals surface area contributed by atoms with Gasteiger partial charge in [-0.15, -0.1) is 0 Å². The average molecular weight is 219 g/mol. The van der Waals surface area contributed by atoms with Crippen LogP contribution in [0.15, 0.2) is 24.4 Å². The maximum atomic E-state index is 4.30. The van der Waals surface area contributed by atoms with Gasteiger partial charge in [-0.3, -0.25) is 4.98 Å². The van der Waals surface area contributed by atoms with Crippen molar-refractivity contribution in [2.45, 2.75) is 31.8 Å². The molecular weight excluding hydrogens is 198 g/mol. The summed E-state index contributed by atoms with van der Waals surface area (Å²) in [4.78, 5) is 6.77. The van der Waals surface area contributed by atoms with E-state index in [1.807, 2.05) is 18.3 Å². The van der Waals surface area contributed by atoms with Crippen LogP contribution in [-0.2, 0) is 6.54 Å².